The fourth-order valence-corrected chi connectivity index (χ4v) is 3.49. The van der Waals surface area contributed by atoms with Crippen LogP contribution in [0.25, 0.3) is 22.0 Å². The van der Waals surface area contributed by atoms with Gasteiger partial charge in [-0.1, -0.05) is 11.6 Å². The van der Waals surface area contributed by atoms with Gasteiger partial charge in [-0.05, 0) is 44.2 Å². The van der Waals surface area contributed by atoms with Crippen molar-refractivity contribution in [2.45, 2.75) is 19.9 Å². The van der Waals surface area contributed by atoms with Crippen molar-refractivity contribution in [3.63, 3.8) is 0 Å². The van der Waals surface area contributed by atoms with Crippen LogP contribution < -0.4 is 10.9 Å². The molecular weight excluding hydrogens is 393 g/mol. The van der Waals surface area contributed by atoms with E-state index in [-0.39, 0.29) is 11.4 Å². The van der Waals surface area contributed by atoms with E-state index in [0.717, 1.165) is 11.1 Å². The Morgan fingerprint density at radius 2 is 2.03 bits per heavy atom. The second-order valence-electron chi connectivity index (χ2n) is 6.94. The molecule has 1 atom stereocenters. The van der Waals surface area contributed by atoms with Gasteiger partial charge in [-0.3, -0.25) is 9.48 Å². The van der Waals surface area contributed by atoms with Crippen molar-refractivity contribution in [3.8, 4) is 11.1 Å². The number of nitrogens with one attached hydrogen (secondary N) is 2. The lowest BCUT2D eigenvalue weighted by molar-refractivity contribution is 0.624. The molecule has 0 spiro atoms. The molecule has 4 aromatic rings. The number of rotatable bonds is 4. The molecule has 0 aliphatic heterocycles. The molecule has 29 heavy (non-hydrogen) atoms. The van der Waals surface area contributed by atoms with Crippen LogP contribution in [-0.2, 0) is 7.05 Å². The van der Waals surface area contributed by atoms with Gasteiger partial charge in [0.05, 0.1) is 12.2 Å². The first-order valence-corrected chi connectivity index (χ1v) is 9.45. The molecule has 0 amide bonds. The SMILES string of the molecule is Cc1c(-c2ccnc(NC(C)c3cc4cc(Cl)ccc4[nH]c3=O)c2F)cnn1C. The number of fused-ring (bicyclic) bond motifs is 1. The molecule has 1 aromatic carbocycles. The number of hydrogen-bond acceptors (Lipinski definition) is 4. The van der Waals surface area contributed by atoms with Gasteiger partial charge in [-0.15, -0.1) is 0 Å². The molecular formula is C21H19ClFN5O. The quantitative estimate of drug-likeness (QED) is 0.514. The van der Waals surface area contributed by atoms with E-state index in [1.807, 2.05) is 6.92 Å². The lowest BCUT2D eigenvalue weighted by atomic mass is 10.1. The molecule has 0 fully saturated rings. The Labute approximate surface area is 171 Å². The van der Waals surface area contributed by atoms with E-state index in [2.05, 4.69) is 20.4 Å². The van der Waals surface area contributed by atoms with E-state index in [0.29, 0.717) is 27.2 Å². The number of aryl methyl sites for hydroxylation is 1. The summed E-state index contributed by atoms with van der Waals surface area (Å²) in [7, 11) is 1.80. The average molecular weight is 412 g/mol. The van der Waals surface area contributed by atoms with Crippen LogP contribution in [0.3, 0.4) is 0 Å². The molecule has 0 aliphatic rings. The first-order chi connectivity index (χ1) is 13.8. The molecule has 0 saturated carbocycles. The zero-order valence-corrected chi connectivity index (χ0v) is 16.9. The number of aromatic amines is 1. The lowest BCUT2D eigenvalue weighted by Crippen LogP contribution is -2.20. The van der Waals surface area contributed by atoms with Crippen LogP contribution in [0.2, 0.25) is 5.02 Å². The Morgan fingerprint density at radius 3 is 2.76 bits per heavy atom. The summed E-state index contributed by atoms with van der Waals surface area (Å²) in [6.07, 6.45) is 3.16. The summed E-state index contributed by atoms with van der Waals surface area (Å²) >= 11 is 6.06. The molecule has 3 heterocycles. The van der Waals surface area contributed by atoms with Crippen molar-refractivity contribution in [3.05, 3.63) is 75.2 Å². The minimum Gasteiger partial charge on any atom is -0.361 e. The van der Waals surface area contributed by atoms with E-state index in [1.165, 1.54) is 6.20 Å². The number of halogens is 2. The van der Waals surface area contributed by atoms with Crippen molar-refractivity contribution in [1.29, 1.82) is 0 Å². The summed E-state index contributed by atoms with van der Waals surface area (Å²) in [5, 5.41) is 8.56. The van der Waals surface area contributed by atoms with E-state index < -0.39 is 11.9 Å². The predicted molar refractivity (Wildman–Crippen MR) is 113 cm³/mol. The third-order valence-corrected chi connectivity index (χ3v) is 5.30. The number of anilines is 1. The van der Waals surface area contributed by atoms with Gasteiger partial charge in [0.2, 0.25) is 0 Å². The molecule has 1 unspecified atom stereocenters. The van der Waals surface area contributed by atoms with Crippen molar-refractivity contribution in [1.82, 2.24) is 19.7 Å². The van der Waals surface area contributed by atoms with E-state index in [1.54, 1.807) is 55.2 Å². The zero-order chi connectivity index (χ0) is 20.7. The smallest absolute Gasteiger partial charge is 0.253 e. The Bertz CT molecular complexity index is 1280. The maximum absolute atomic E-state index is 15.2. The first kappa shape index (κ1) is 19.1. The molecule has 3 aromatic heterocycles. The van der Waals surface area contributed by atoms with Crippen LogP contribution in [0.1, 0.15) is 24.2 Å². The van der Waals surface area contributed by atoms with Crippen LogP contribution in [0.5, 0.6) is 0 Å². The van der Waals surface area contributed by atoms with Gasteiger partial charge in [-0.2, -0.15) is 5.10 Å². The maximum atomic E-state index is 15.2. The van der Waals surface area contributed by atoms with Crippen LogP contribution in [0, 0.1) is 12.7 Å². The summed E-state index contributed by atoms with van der Waals surface area (Å²) in [4.78, 5) is 19.5. The van der Waals surface area contributed by atoms with Crippen LogP contribution in [0.15, 0.2) is 47.5 Å². The normalized spacial score (nSPS) is 12.3. The van der Waals surface area contributed by atoms with Crippen molar-refractivity contribution in [2.75, 3.05) is 5.32 Å². The average Bonchev–Trinajstić information content (AvgIpc) is 3.02. The van der Waals surface area contributed by atoms with Gasteiger partial charge in [0.15, 0.2) is 11.6 Å². The Hall–Kier alpha value is -3.19. The maximum Gasteiger partial charge on any atom is 0.253 e. The van der Waals surface area contributed by atoms with Gasteiger partial charge in [0.1, 0.15) is 0 Å². The minimum atomic E-state index is -0.490. The highest BCUT2D eigenvalue weighted by molar-refractivity contribution is 6.31. The van der Waals surface area contributed by atoms with Crippen LogP contribution in [-0.4, -0.2) is 19.7 Å². The van der Waals surface area contributed by atoms with Crippen molar-refractivity contribution in [2.24, 2.45) is 7.05 Å². The first-order valence-electron chi connectivity index (χ1n) is 9.07. The Morgan fingerprint density at radius 1 is 1.24 bits per heavy atom. The fourth-order valence-electron chi connectivity index (χ4n) is 3.31. The van der Waals surface area contributed by atoms with E-state index >= 15 is 4.39 Å². The van der Waals surface area contributed by atoms with Gasteiger partial charge in [-0.25, -0.2) is 9.37 Å². The number of benzene rings is 1. The largest absolute Gasteiger partial charge is 0.361 e. The fraction of sp³-hybridized carbons (Fsp3) is 0.190. The van der Waals surface area contributed by atoms with E-state index in [4.69, 9.17) is 11.6 Å². The number of nitrogens with zero attached hydrogens (tertiary/aromatic N) is 3. The second kappa shape index (κ2) is 7.33. The number of H-pyrrole nitrogens is 1. The summed E-state index contributed by atoms with van der Waals surface area (Å²) in [6, 6.07) is 8.13. The van der Waals surface area contributed by atoms with Crippen molar-refractivity contribution < 1.29 is 4.39 Å². The number of aromatic nitrogens is 4. The molecule has 4 rings (SSSR count). The predicted octanol–water partition coefficient (Wildman–Crippen LogP) is 4.60. The van der Waals surface area contributed by atoms with Crippen molar-refractivity contribution >= 4 is 28.3 Å². The standard InChI is InChI=1S/C21H19ClFN5O/c1-11(16-9-13-8-14(22)4-5-18(13)27-21(16)29)26-20-19(23)15(6-7-24-20)17-10-25-28(3)12(17)2/h4-11H,1-3H3,(H,24,26)(H,27,29). The van der Waals surface area contributed by atoms with Crippen LogP contribution in [0.4, 0.5) is 10.2 Å². The summed E-state index contributed by atoms with van der Waals surface area (Å²) < 4.78 is 16.8. The molecule has 8 heteroatoms. The summed E-state index contributed by atoms with van der Waals surface area (Å²) in [5.74, 6) is -0.417. The topological polar surface area (TPSA) is 75.6 Å². The van der Waals surface area contributed by atoms with Gasteiger partial charge < -0.3 is 10.3 Å². The molecule has 0 saturated heterocycles. The Kier molecular flexibility index (Phi) is 4.84. The lowest BCUT2D eigenvalue weighted by Gasteiger charge is -2.16. The van der Waals surface area contributed by atoms with Gasteiger partial charge >= 0.3 is 0 Å². The third kappa shape index (κ3) is 3.49. The number of hydrogen-bond donors (Lipinski definition) is 2. The molecule has 2 N–H and O–H groups in total. The molecule has 6 nitrogen and oxygen atoms in total. The second-order valence-corrected chi connectivity index (χ2v) is 7.38. The zero-order valence-electron chi connectivity index (χ0n) is 16.1. The molecule has 0 radical (unpaired) electrons. The van der Waals surface area contributed by atoms with Crippen LogP contribution >= 0.6 is 11.6 Å². The summed E-state index contributed by atoms with van der Waals surface area (Å²) in [6.45, 7) is 3.65. The molecule has 148 valence electrons. The highest BCUT2D eigenvalue weighted by atomic mass is 35.5. The summed E-state index contributed by atoms with van der Waals surface area (Å²) in [5.41, 5.74) is 2.84. The minimum absolute atomic E-state index is 0.0730. The highest BCUT2D eigenvalue weighted by Crippen LogP contribution is 2.30. The van der Waals surface area contributed by atoms with E-state index in [9.17, 15) is 4.79 Å². The van der Waals surface area contributed by atoms with Gasteiger partial charge in [0.25, 0.3) is 5.56 Å². The monoisotopic (exact) mass is 411 g/mol. The Balaban J connectivity index is 1.70. The highest BCUT2D eigenvalue weighted by Gasteiger charge is 2.18. The third-order valence-electron chi connectivity index (χ3n) is 5.07. The molecule has 0 bridgehead atoms. The van der Waals surface area contributed by atoms with Gasteiger partial charge in [0, 0.05) is 51.6 Å². The number of pyridine rings is 2. The molecule has 0 aliphatic carbocycles.